The van der Waals surface area contributed by atoms with Gasteiger partial charge in [-0.2, -0.15) is 5.10 Å². The summed E-state index contributed by atoms with van der Waals surface area (Å²) in [7, 11) is 0. The van der Waals surface area contributed by atoms with Gasteiger partial charge in [0, 0.05) is 12.1 Å². The molecule has 0 fully saturated rings. The molecule has 2 N–H and O–H groups in total. The van der Waals surface area contributed by atoms with Crippen LogP contribution in [0.5, 0.6) is 5.75 Å². The normalized spacial score (nSPS) is 12.4. The number of nitrogens with zero attached hydrogens (tertiary/aromatic N) is 2. The molecule has 0 spiro atoms. The van der Waals surface area contributed by atoms with Gasteiger partial charge < -0.3 is 10.5 Å². The maximum Gasteiger partial charge on any atom is 0.124 e. The van der Waals surface area contributed by atoms with E-state index in [9.17, 15) is 0 Å². The number of aryl methyl sites for hydroxylation is 2. The molecule has 0 aliphatic rings. The summed E-state index contributed by atoms with van der Waals surface area (Å²) in [5.41, 5.74) is 9.40. The highest BCUT2D eigenvalue weighted by molar-refractivity contribution is 5.40. The third-order valence-corrected chi connectivity index (χ3v) is 3.11. The van der Waals surface area contributed by atoms with Crippen molar-refractivity contribution in [1.29, 1.82) is 0 Å². The topological polar surface area (TPSA) is 53.1 Å². The molecule has 19 heavy (non-hydrogen) atoms. The third-order valence-electron chi connectivity index (χ3n) is 3.11. The zero-order valence-corrected chi connectivity index (χ0v) is 11.8. The van der Waals surface area contributed by atoms with Gasteiger partial charge in [0.05, 0.1) is 24.0 Å². The van der Waals surface area contributed by atoms with Crippen LogP contribution < -0.4 is 10.5 Å². The predicted molar refractivity (Wildman–Crippen MR) is 76.3 cm³/mol. The Morgan fingerprint density at radius 2 is 2.05 bits per heavy atom. The van der Waals surface area contributed by atoms with Gasteiger partial charge in [0.25, 0.3) is 0 Å². The molecule has 0 bridgehead atoms. The average Bonchev–Trinajstić information content (AvgIpc) is 2.80. The van der Waals surface area contributed by atoms with Crippen LogP contribution in [0, 0.1) is 6.92 Å². The molecule has 0 aliphatic heterocycles. The van der Waals surface area contributed by atoms with Crippen molar-refractivity contribution in [2.24, 2.45) is 5.73 Å². The van der Waals surface area contributed by atoms with E-state index < -0.39 is 0 Å². The van der Waals surface area contributed by atoms with Crippen molar-refractivity contribution in [2.75, 3.05) is 6.61 Å². The number of hydrogen-bond donors (Lipinski definition) is 1. The van der Waals surface area contributed by atoms with E-state index in [1.165, 1.54) is 0 Å². The first-order chi connectivity index (χ1) is 9.17. The minimum atomic E-state index is -0.219. The molecule has 0 saturated heterocycles. The minimum Gasteiger partial charge on any atom is -0.494 e. The van der Waals surface area contributed by atoms with E-state index in [0.29, 0.717) is 6.61 Å². The highest BCUT2D eigenvalue weighted by atomic mass is 16.5. The van der Waals surface area contributed by atoms with Crippen LogP contribution in [-0.4, -0.2) is 16.4 Å². The Balaban J connectivity index is 2.40. The van der Waals surface area contributed by atoms with Crippen LogP contribution in [0.25, 0.3) is 0 Å². The van der Waals surface area contributed by atoms with Crippen LogP contribution >= 0.6 is 0 Å². The highest BCUT2D eigenvalue weighted by Gasteiger charge is 2.18. The lowest BCUT2D eigenvalue weighted by Crippen LogP contribution is -2.18. The van der Waals surface area contributed by atoms with Gasteiger partial charge in [0.2, 0.25) is 0 Å². The van der Waals surface area contributed by atoms with Crippen molar-refractivity contribution in [3.63, 3.8) is 0 Å². The second-order valence-electron chi connectivity index (χ2n) is 4.47. The van der Waals surface area contributed by atoms with Gasteiger partial charge in [-0.15, -0.1) is 0 Å². The van der Waals surface area contributed by atoms with E-state index in [1.807, 2.05) is 48.9 Å². The first-order valence-electron chi connectivity index (χ1n) is 6.69. The molecule has 0 radical (unpaired) electrons. The van der Waals surface area contributed by atoms with Gasteiger partial charge in [0.15, 0.2) is 0 Å². The summed E-state index contributed by atoms with van der Waals surface area (Å²) >= 11 is 0. The Morgan fingerprint density at radius 3 is 2.74 bits per heavy atom. The molecule has 1 aromatic heterocycles. The zero-order chi connectivity index (χ0) is 13.8. The van der Waals surface area contributed by atoms with Crippen LogP contribution in [-0.2, 0) is 6.54 Å². The summed E-state index contributed by atoms with van der Waals surface area (Å²) in [4.78, 5) is 0. The Hall–Kier alpha value is -1.81. The van der Waals surface area contributed by atoms with E-state index in [-0.39, 0.29) is 6.04 Å². The lowest BCUT2D eigenvalue weighted by atomic mass is 10.0. The summed E-state index contributed by atoms with van der Waals surface area (Å²) in [6, 6.07) is 9.73. The van der Waals surface area contributed by atoms with Gasteiger partial charge in [-0.1, -0.05) is 18.2 Å². The second-order valence-corrected chi connectivity index (χ2v) is 4.47. The lowest BCUT2D eigenvalue weighted by Gasteiger charge is -2.17. The molecule has 1 heterocycles. The van der Waals surface area contributed by atoms with Gasteiger partial charge in [-0.3, -0.25) is 4.68 Å². The molecule has 2 aromatic rings. The molecule has 102 valence electrons. The van der Waals surface area contributed by atoms with E-state index >= 15 is 0 Å². The fourth-order valence-corrected chi connectivity index (χ4v) is 2.25. The number of hydrogen-bond acceptors (Lipinski definition) is 3. The number of benzene rings is 1. The largest absolute Gasteiger partial charge is 0.494 e. The van der Waals surface area contributed by atoms with Gasteiger partial charge in [0.1, 0.15) is 5.75 Å². The number of ether oxygens (including phenoxy) is 1. The zero-order valence-electron chi connectivity index (χ0n) is 11.8. The van der Waals surface area contributed by atoms with Crippen molar-refractivity contribution in [3.8, 4) is 5.75 Å². The Morgan fingerprint density at radius 1 is 1.32 bits per heavy atom. The van der Waals surface area contributed by atoms with Crippen LogP contribution in [0.15, 0.2) is 30.3 Å². The summed E-state index contributed by atoms with van der Waals surface area (Å²) < 4.78 is 7.60. The second kappa shape index (κ2) is 5.89. The van der Waals surface area contributed by atoms with Crippen molar-refractivity contribution in [2.45, 2.75) is 33.4 Å². The smallest absolute Gasteiger partial charge is 0.124 e. The average molecular weight is 259 g/mol. The van der Waals surface area contributed by atoms with Crippen LogP contribution in [0.3, 0.4) is 0 Å². The van der Waals surface area contributed by atoms with E-state index in [4.69, 9.17) is 10.5 Å². The molecule has 1 atom stereocenters. The molecule has 1 aromatic carbocycles. The maximum absolute atomic E-state index is 6.40. The van der Waals surface area contributed by atoms with Crippen molar-refractivity contribution in [1.82, 2.24) is 9.78 Å². The van der Waals surface area contributed by atoms with Crippen LogP contribution in [0.1, 0.15) is 36.8 Å². The summed E-state index contributed by atoms with van der Waals surface area (Å²) in [5, 5.41) is 4.45. The van der Waals surface area contributed by atoms with Crippen molar-refractivity contribution in [3.05, 3.63) is 47.3 Å². The third kappa shape index (κ3) is 2.79. The first kappa shape index (κ1) is 13.6. The number of rotatable bonds is 5. The fraction of sp³-hybridized carbons (Fsp3) is 0.400. The first-order valence-corrected chi connectivity index (χ1v) is 6.69. The molecule has 4 heteroatoms. The van der Waals surface area contributed by atoms with Gasteiger partial charge in [-0.05, 0) is 32.9 Å². The Labute approximate surface area is 114 Å². The molecule has 0 amide bonds. The van der Waals surface area contributed by atoms with Gasteiger partial charge >= 0.3 is 0 Å². The molecular weight excluding hydrogens is 238 g/mol. The predicted octanol–water partition coefficient (Wildman–Crippen LogP) is 2.66. The van der Waals surface area contributed by atoms with E-state index in [0.717, 1.165) is 29.2 Å². The Bertz CT molecular complexity index is 548. The summed E-state index contributed by atoms with van der Waals surface area (Å²) in [6.07, 6.45) is 0. The van der Waals surface area contributed by atoms with Gasteiger partial charge in [-0.25, -0.2) is 0 Å². The summed E-state index contributed by atoms with van der Waals surface area (Å²) in [5.74, 6) is 0.846. The fourth-order valence-electron chi connectivity index (χ4n) is 2.25. The minimum absolute atomic E-state index is 0.219. The standard InChI is InChI=1S/C15H21N3O/c1-4-18-13(10-11(3)17-18)15(16)12-8-6-7-9-14(12)19-5-2/h6-10,15H,4-5,16H2,1-3H3. The SMILES string of the molecule is CCOc1ccccc1C(N)c1cc(C)nn1CC. The van der Waals surface area contributed by atoms with Crippen LogP contribution in [0.2, 0.25) is 0 Å². The Kier molecular flexibility index (Phi) is 4.22. The molecule has 4 nitrogen and oxygen atoms in total. The summed E-state index contributed by atoms with van der Waals surface area (Å²) in [6.45, 7) is 7.47. The maximum atomic E-state index is 6.40. The quantitative estimate of drug-likeness (QED) is 0.898. The molecule has 2 rings (SSSR count). The number of aromatic nitrogens is 2. The van der Waals surface area contributed by atoms with Crippen molar-refractivity contribution < 1.29 is 4.74 Å². The van der Waals surface area contributed by atoms with Crippen molar-refractivity contribution >= 4 is 0 Å². The lowest BCUT2D eigenvalue weighted by molar-refractivity contribution is 0.335. The number of para-hydroxylation sites is 1. The molecular formula is C15H21N3O. The van der Waals surface area contributed by atoms with Crippen LogP contribution in [0.4, 0.5) is 0 Å². The molecule has 0 saturated carbocycles. The molecule has 1 unspecified atom stereocenters. The number of nitrogens with two attached hydrogens (primary N) is 1. The highest BCUT2D eigenvalue weighted by Crippen LogP contribution is 2.28. The van der Waals surface area contributed by atoms with E-state index in [1.54, 1.807) is 0 Å². The van der Waals surface area contributed by atoms with E-state index in [2.05, 4.69) is 12.0 Å². The monoisotopic (exact) mass is 259 g/mol. The molecule has 0 aliphatic carbocycles.